The fraction of sp³-hybridized carbons (Fsp3) is 0. The number of rotatable bonds is 1. The third kappa shape index (κ3) is 2.04. The highest BCUT2D eigenvalue weighted by Gasteiger charge is 2.05. The first-order chi connectivity index (χ1) is 6.25. The van der Waals surface area contributed by atoms with Crippen LogP contribution in [0.25, 0.3) is 10.7 Å². The second-order valence-electron chi connectivity index (χ2n) is 2.22. The summed E-state index contributed by atoms with van der Waals surface area (Å²) < 4.78 is 1.37. The van der Waals surface area contributed by atoms with Crippen molar-refractivity contribution < 1.29 is 0 Å². The largest absolute Gasteiger partial charge is 0.252 e. The van der Waals surface area contributed by atoms with Gasteiger partial charge in [0, 0.05) is 10.7 Å². The van der Waals surface area contributed by atoms with Crippen LogP contribution in [-0.2, 0) is 0 Å². The molecule has 0 aliphatic rings. The fourth-order valence-corrected chi connectivity index (χ4v) is 1.85. The van der Waals surface area contributed by atoms with E-state index in [-0.39, 0.29) is 0 Å². The quantitative estimate of drug-likeness (QED) is 0.803. The predicted molar refractivity (Wildman–Crippen MR) is 55.9 cm³/mol. The molecule has 0 aromatic carbocycles. The van der Waals surface area contributed by atoms with Crippen molar-refractivity contribution in [2.24, 2.45) is 0 Å². The standard InChI is InChI=1S/C7H3BrClN3S/c8-4-1-2-5(10-3-4)6-11-12-7(9)13-6/h1-3H. The minimum Gasteiger partial charge on any atom is -0.252 e. The number of hydrogen-bond acceptors (Lipinski definition) is 4. The molecule has 0 aliphatic heterocycles. The van der Waals surface area contributed by atoms with Crippen molar-refractivity contribution in [1.82, 2.24) is 15.2 Å². The lowest BCUT2D eigenvalue weighted by Crippen LogP contribution is -1.81. The Hall–Kier alpha value is -0.520. The van der Waals surface area contributed by atoms with Gasteiger partial charge in [0.1, 0.15) is 5.69 Å². The summed E-state index contributed by atoms with van der Waals surface area (Å²) >= 11 is 10.3. The van der Waals surface area contributed by atoms with Crippen LogP contribution < -0.4 is 0 Å². The Kier molecular flexibility index (Phi) is 2.57. The van der Waals surface area contributed by atoms with Gasteiger partial charge in [0.05, 0.1) is 0 Å². The van der Waals surface area contributed by atoms with E-state index in [2.05, 4.69) is 31.1 Å². The highest BCUT2D eigenvalue weighted by molar-refractivity contribution is 9.10. The van der Waals surface area contributed by atoms with Crippen LogP contribution in [0.2, 0.25) is 4.47 Å². The van der Waals surface area contributed by atoms with Crippen molar-refractivity contribution in [3.63, 3.8) is 0 Å². The fourth-order valence-electron chi connectivity index (χ4n) is 0.811. The molecule has 0 bridgehead atoms. The Balaban J connectivity index is 2.41. The van der Waals surface area contributed by atoms with Crippen LogP contribution in [0.3, 0.4) is 0 Å². The summed E-state index contributed by atoms with van der Waals surface area (Å²) in [5.74, 6) is 0. The second kappa shape index (κ2) is 3.69. The Morgan fingerprint density at radius 2 is 2.15 bits per heavy atom. The monoisotopic (exact) mass is 275 g/mol. The number of pyridine rings is 1. The third-order valence-electron chi connectivity index (χ3n) is 1.35. The van der Waals surface area contributed by atoms with Crippen molar-refractivity contribution >= 4 is 38.9 Å². The molecular weight excluding hydrogens is 274 g/mol. The van der Waals surface area contributed by atoms with Crippen LogP contribution in [0.4, 0.5) is 0 Å². The van der Waals surface area contributed by atoms with Crippen LogP contribution in [0.5, 0.6) is 0 Å². The number of aromatic nitrogens is 3. The zero-order chi connectivity index (χ0) is 9.26. The highest BCUT2D eigenvalue weighted by Crippen LogP contribution is 2.24. The summed E-state index contributed by atoms with van der Waals surface area (Å²) in [5.41, 5.74) is 0.785. The van der Waals surface area contributed by atoms with Gasteiger partial charge in [0.15, 0.2) is 5.01 Å². The molecule has 2 heterocycles. The minimum atomic E-state index is 0.430. The maximum Gasteiger partial charge on any atom is 0.207 e. The van der Waals surface area contributed by atoms with Crippen LogP contribution in [0.1, 0.15) is 0 Å². The van der Waals surface area contributed by atoms with Gasteiger partial charge >= 0.3 is 0 Å². The van der Waals surface area contributed by atoms with Crippen LogP contribution in [-0.4, -0.2) is 15.2 Å². The zero-order valence-corrected chi connectivity index (χ0v) is 9.40. The van der Waals surface area contributed by atoms with Gasteiger partial charge in [-0.3, -0.25) is 4.98 Å². The van der Waals surface area contributed by atoms with Crippen molar-refractivity contribution in [1.29, 1.82) is 0 Å². The first kappa shape index (κ1) is 9.05. The van der Waals surface area contributed by atoms with Crippen molar-refractivity contribution in [3.05, 3.63) is 27.3 Å². The Morgan fingerprint density at radius 1 is 1.31 bits per heavy atom. The van der Waals surface area contributed by atoms with Gasteiger partial charge in [-0.1, -0.05) is 11.3 Å². The van der Waals surface area contributed by atoms with E-state index in [4.69, 9.17) is 11.6 Å². The smallest absolute Gasteiger partial charge is 0.207 e. The third-order valence-corrected chi connectivity index (χ3v) is 2.86. The van der Waals surface area contributed by atoms with E-state index >= 15 is 0 Å². The van der Waals surface area contributed by atoms with E-state index in [0.717, 1.165) is 15.2 Å². The van der Waals surface area contributed by atoms with Gasteiger partial charge in [-0.25, -0.2) is 0 Å². The van der Waals surface area contributed by atoms with Crippen LogP contribution in [0, 0.1) is 0 Å². The van der Waals surface area contributed by atoms with Crippen molar-refractivity contribution in [3.8, 4) is 10.7 Å². The van der Waals surface area contributed by atoms with E-state index in [1.807, 2.05) is 12.1 Å². The van der Waals surface area contributed by atoms with E-state index < -0.39 is 0 Å². The van der Waals surface area contributed by atoms with E-state index in [1.54, 1.807) is 6.20 Å². The maximum atomic E-state index is 5.65. The molecule has 0 spiro atoms. The SMILES string of the molecule is Clc1nnc(-c2ccc(Br)cn2)s1. The van der Waals surface area contributed by atoms with Crippen molar-refractivity contribution in [2.75, 3.05) is 0 Å². The molecule has 0 saturated heterocycles. The second-order valence-corrected chi connectivity index (χ2v) is 4.70. The molecule has 0 saturated carbocycles. The molecule has 6 heteroatoms. The molecule has 66 valence electrons. The summed E-state index contributed by atoms with van der Waals surface area (Å²) in [6.07, 6.45) is 1.71. The van der Waals surface area contributed by atoms with Crippen LogP contribution >= 0.6 is 38.9 Å². The summed E-state index contributed by atoms with van der Waals surface area (Å²) in [5, 5.41) is 8.31. The van der Waals surface area contributed by atoms with Gasteiger partial charge in [-0.05, 0) is 39.7 Å². The van der Waals surface area contributed by atoms with Gasteiger partial charge in [0.25, 0.3) is 0 Å². The minimum absolute atomic E-state index is 0.430. The molecule has 0 amide bonds. The lowest BCUT2D eigenvalue weighted by molar-refractivity contribution is 1.09. The molecule has 2 aromatic rings. The van der Waals surface area contributed by atoms with Gasteiger partial charge in [-0.15, -0.1) is 10.2 Å². The molecule has 0 unspecified atom stereocenters. The average molecular weight is 277 g/mol. The first-order valence-corrected chi connectivity index (χ1v) is 5.35. The molecule has 0 radical (unpaired) electrons. The van der Waals surface area contributed by atoms with Gasteiger partial charge in [0.2, 0.25) is 4.47 Å². The molecule has 2 aromatic heterocycles. The molecule has 0 N–H and O–H groups in total. The number of nitrogens with zero attached hydrogens (tertiary/aromatic N) is 3. The number of halogens is 2. The lowest BCUT2D eigenvalue weighted by Gasteiger charge is -1.92. The molecule has 2 rings (SSSR count). The molecule has 0 aliphatic carbocycles. The first-order valence-electron chi connectivity index (χ1n) is 3.36. The summed E-state index contributed by atoms with van der Waals surface area (Å²) in [4.78, 5) is 4.16. The average Bonchev–Trinajstić information content (AvgIpc) is 2.53. The number of hydrogen-bond donors (Lipinski definition) is 0. The topological polar surface area (TPSA) is 38.7 Å². The summed E-state index contributed by atoms with van der Waals surface area (Å²) in [6.45, 7) is 0. The summed E-state index contributed by atoms with van der Waals surface area (Å²) in [6, 6.07) is 3.76. The summed E-state index contributed by atoms with van der Waals surface area (Å²) in [7, 11) is 0. The zero-order valence-electron chi connectivity index (χ0n) is 6.24. The normalized spacial score (nSPS) is 10.3. The van der Waals surface area contributed by atoms with Gasteiger partial charge in [-0.2, -0.15) is 0 Å². The Bertz CT molecular complexity index is 414. The van der Waals surface area contributed by atoms with Crippen LogP contribution in [0.15, 0.2) is 22.8 Å². The molecule has 3 nitrogen and oxygen atoms in total. The Labute approximate surface area is 91.9 Å². The molecule has 0 fully saturated rings. The Morgan fingerprint density at radius 3 is 2.69 bits per heavy atom. The van der Waals surface area contributed by atoms with E-state index in [9.17, 15) is 0 Å². The highest BCUT2D eigenvalue weighted by atomic mass is 79.9. The van der Waals surface area contributed by atoms with E-state index in [1.165, 1.54) is 11.3 Å². The molecule has 0 atom stereocenters. The molecule has 13 heavy (non-hydrogen) atoms. The predicted octanol–water partition coefficient (Wildman–Crippen LogP) is 3.02. The molecular formula is C7H3BrClN3S. The van der Waals surface area contributed by atoms with Crippen molar-refractivity contribution in [2.45, 2.75) is 0 Å². The van der Waals surface area contributed by atoms with E-state index in [0.29, 0.717) is 4.47 Å². The maximum absolute atomic E-state index is 5.65. The lowest BCUT2D eigenvalue weighted by atomic mass is 10.4. The van der Waals surface area contributed by atoms with Gasteiger partial charge < -0.3 is 0 Å².